The van der Waals surface area contributed by atoms with E-state index in [1.54, 1.807) is 0 Å². The van der Waals surface area contributed by atoms with E-state index in [0.29, 0.717) is 10.8 Å². The van der Waals surface area contributed by atoms with Gasteiger partial charge in [0.05, 0.1) is 0 Å². The van der Waals surface area contributed by atoms with Gasteiger partial charge < -0.3 is 0 Å². The van der Waals surface area contributed by atoms with Gasteiger partial charge in [-0.1, -0.05) is 39.8 Å². The molecule has 2 aliphatic carbocycles. The van der Waals surface area contributed by atoms with Crippen LogP contribution in [-0.4, -0.2) is 0 Å². The van der Waals surface area contributed by atoms with Gasteiger partial charge in [-0.3, -0.25) is 0 Å². The van der Waals surface area contributed by atoms with Gasteiger partial charge >= 0.3 is 0 Å². The quantitative estimate of drug-likeness (QED) is 0.499. The Morgan fingerprint density at radius 1 is 0.786 bits per heavy atom. The highest BCUT2D eigenvalue weighted by Crippen LogP contribution is 2.56. The van der Waals surface area contributed by atoms with Crippen LogP contribution >= 0.6 is 0 Å². The number of hydrogen-bond donors (Lipinski definition) is 0. The Kier molecular flexibility index (Phi) is 2.28. The first-order valence-corrected chi connectivity index (χ1v) is 6.07. The van der Waals surface area contributed by atoms with Crippen molar-refractivity contribution in [1.82, 2.24) is 0 Å². The first kappa shape index (κ1) is 10.3. The molecule has 0 saturated heterocycles. The van der Waals surface area contributed by atoms with Gasteiger partial charge in [-0.25, -0.2) is 0 Å². The fourth-order valence-corrected chi connectivity index (χ4v) is 3.29. The molecule has 0 spiro atoms. The van der Waals surface area contributed by atoms with Gasteiger partial charge in [-0.2, -0.15) is 0 Å². The fraction of sp³-hybridized carbons (Fsp3) is 0.857. The van der Waals surface area contributed by atoms with E-state index < -0.39 is 0 Å². The summed E-state index contributed by atoms with van der Waals surface area (Å²) in [5, 5.41) is 0. The summed E-state index contributed by atoms with van der Waals surface area (Å²) in [5.74, 6) is 1.95. The zero-order chi connectivity index (χ0) is 10.4. The third-order valence-electron chi connectivity index (χ3n) is 5.09. The summed E-state index contributed by atoms with van der Waals surface area (Å²) in [6, 6.07) is 0. The zero-order valence-corrected chi connectivity index (χ0v) is 10.1. The average Bonchev–Trinajstić information content (AvgIpc) is 2.05. The lowest BCUT2D eigenvalue weighted by Crippen LogP contribution is -2.43. The van der Waals surface area contributed by atoms with Crippen LogP contribution in [0.4, 0.5) is 0 Å². The summed E-state index contributed by atoms with van der Waals surface area (Å²) >= 11 is 0. The highest BCUT2D eigenvalue weighted by molar-refractivity contribution is 5.03. The molecule has 0 aliphatic heterocycles. The molecular formula is C14H24. The third-order valence-corrected chi connectivity index (χ3v) is 5.09. The SMILES string of the molecule is CC1(C)CC2CC=CCC2CC1(C)C. The maximum Gasteiger partial charge on any atom is -0.0300 e. The minimum absolute atomic E-state index is 0.527. The molecule has 2 rings (SSSR count). The molecule has 1 fully saturated rings. The smallest absolute Gasteiger partial charge is 0.0300 e. The molecule has 2 atom stereocenters. The van der Waals surface area contributed by atoms with E-state index in [4.69, 9.17) is 0 Å². The highest BCUT2D eigenvalue weighted by atomic mass is 14.5. The fourth-order valence-electron chi connectivity index (χ4n) is 3.29. The molecule has 2 unspecified atom stereocenters. The first-order valence-electron chi connectivity index (χ1n) is 6.07. The van der Waals surface area contributed by atoms with Crippen molar-refractivity contribution in [2.24, 2.45) is 22.7 Å². The normalized spacial score (nSPS) is 39.1. The second-order valence-electron chi connectivity index (χ2n) is 6.64. The molecule has 0 heterocycles. The zero-order valence-electron chi connectivity index (χ0n) is 10.1. The van der Waals surface area contributed by atoms with Crippen LogP contribution < -0.4 is 0 Å². The van der Waals surface area contributed by atoms with Crippen LogP contribution in [0.1, 0.15) is 53.4 Å². The molecule has 0 bridgehead atoms. The molecule has 0 radical (unpaired) electrons. The molecule has 80 valence electrons. The minimum atomic E-state index is 0.527. The van der Waals surface area contributed by atoms with Gasteiger partial charge in [0, 0.05) is 0 Å². The number of hydrogen-bond acceptors (Lipinski definition) is 0. The molecular weight excluding hydrogens is 168 g/mol. The summed E-state index contributed by atoms with van der Waals surface area (Å²) in [6.45, 7) is 9.84. The van der Waals surface area contributed by atoms with Gasteiger partial charge in [-0.05, 0) is 48.3 Å². The van der Waals surface area contributed by atoms with Crippen molar-refractivity contribution in [2.75, 3.05) is 0 Å². The van der Waals surface area contributed by atoms with E-state index >= 15 is 0 Å². The van der Waals surface area contributed by atoms with E-state index in [-0.39, 0.29) is 0 Å². The van der Waals surface area contributed by atoms with E-state index in [0.717, 1.165) is 11.8 Å². The predicted molar refractivity (Wildman–Crippen MR) is 62.2 cm³/mol. The Labute approximate surface area is 88.8 Å². The van der Waals surface area contributed by atoms with Crippen molar-refractivity contribution in [1.29, 1.82) is 0 Å². The predicted octanol–water partition coefficient (Wildman–Crippen LogP) is 4.42. The number of fused-ring (bicyclic) bond motifs is 1. The van der Waals surface area contributed by atoms with Crippen LogP contribution in [0.3, 0.4) is 0 Å². The molecule has 0 nitrogen and oxygen atoms in total. The van der Waals surface area contributed by atoms with Crippen LogP contribution in [0.25, 0.3) is 0 Å². The highest BCUT2D eigenvalue weighted by Gasteiger charge is 2.46. The molecule has 14 heavy (non-hydrogen) atoms. The molecule has 2 aliphatic rings. The van der Waals surface area contributed by atoms with Crippen molar-refractivity contribution in [2.45, 2.75) is 53.4 Å². The number of rotatable bonds is 0. The number of allylic oxidation sites excluding steroid dienone is 2. The molecule has 0 heteroatoms. The maximum absolute atomic E-state index is 2.46. The Balaban J connectivity index is 2.19. The second kappa shape index (κ2) is 3.12. The monoisotopic (exact) mass is 192 g/mol. The summed E-state index contributed by atoms with van der Waals surface area (Å²) in [4.78, 5) is 0. The molecule has 0 aromatic rings. The Morgan fingerprint density at radius 2 is 1.14 bits per heavy atom. The van der Waals surface area contributed by atoms with Crippen molar-refractivity contribution in [3.05, 3.63) is 12.2 Å². The largest absolute Gasteiger partial charge is 0.0882 e. The van der Waals surface area contributed by atoms with Gasteiger partial charge in [-0.15, -0.1) is 0 Å². The Morgan fingerprint density at radius 3 is 1.50 bits per heavy atom. The van der Waals surface area contributed by atoms with Crippen LogP contribution in [0, 0.1) is 22.7 Å². The lowest BCUT2D eigenvalue weighted by Gasteiger charge is -2.53. The second-order valence-corrected chi connectivity index (χ2v) is 6.64. The molecule has 0 amide bonds. The summed E-state index contributed by atoms with van der Waals surface area (Å²) < 4.78 is 0. The van der Waals surface area contributed by atoms with Crippen LogP contribution in [0.15, 0.2) is 12.2 Å². The molecule has 0 aromatic heterocycles. The standard InChI is InChI=1S/C14H24/c1-13(2)9-11-7-5-6-8-12(11)10-14(13,3)4/h5-6,11-12H,7-10H2,1-4H3. The van der Waals surface area contributed by atoms with Gasteiger partial charge in [0.25, 0.3) is 0 Å². The lowest BCUT2D eigenvalue weighted by atomic mass is 9.52. The van der Waals surface area contributed by atoms with Crippen LogP contribution in [0.2, 0.25) is 0 Å². The van der Waals surface area contributed by atoms with Gasteiger partial charge in [0.2, 0.25) is 0 Å². The summed E-state index contributed by atoms with van der Waals surface area (Å²) in [5.41, 5.74) is 1.05. The Bertz CT molecular complexity index is 219. The topological polar surface area (TPSA) is 0 Å². The van der Waals surface area contributed by atoms with Crippen LogP contribution in [-0.2, 0) is 0 Å². The van der Waals surface area contributed by atoms with E-state index in [9.17, 15) is 0 Å². The van der Waals surface area contributed by atoms with Gasteiger partial charge in [0.15, 0.2) is 0 Å². The van der Waals surface area contributed by atoms with E-state index in [1.807, 2.05) is 0 Å². The van der Waals surface area contributed by atoms with Crippen LogP contribution in [0.5, 0.6) is 0 Å². The van der Waals surface area contributed by atoms with Crippen molar-refractivity contribution >= 4 is 0 Å². The molecule has 0 N–H and O–H groups in total. The summed E-state index contributed by atoms with van der Waals surface area (Å²) in [6.07, 6.45) is 10.3. The van der Waals surface area contributed by atoms with E-state index in [2.05, 4.69) is 39.8 Å². The van der Waals surface area contributed by atoms with Crippen molar-refractivity contribution in [3.8, 4) is 0 Å². The third kappa shape index (κ3) is 1.53. The minimum Gasteiger partial charge on any atom is -0.0882 e. The van der Waals surface area contributed by atoms with E-state index in [1.165, 1.54) is 25.7 Å². The average molecular weight is 192 g/mol. The molecule has 0 aromatic carbocycles. The maximum atomic E-state index is 2.46. The summed E-state index contributed by atoms with van der Waals surface area (Å²) in [7, 11) is 0. The Hall–Kier alpha value is -0.260. The van der Waals surface area contributed by atoms with Crippen molar-refractivity contribution < 1.29 is 0 Å². The van der Waals surface area contributed by atoms with Gasteiger partial charge in [0.1, 0.15) is 0 Å². The lowest BCUT2D eigenvalue weighted by molar-refractivity contribution is -0.0184. The van der Waals surface area contributed by atoms with Crippen molar-refractivity contribution in [3.63, 3.8) is 0 Å². The molecule has 1 saturated carbocycles. The first-order chi connectivity index (χ1) is 6.42.